The lowest BCUT2D eigenvalue weighted by Gasteiger charge is -2.21. The molecule has 0 spiro atoms. The first-order chi connectivity index (χ1) is 12.3. The summed E-state index contributed by atoms with van der Waals surface area (Å²) in [5, 5.41) is 21.6. The van der Waals surface area contributed by atoms with Gasteiger partial charge in [0, 0.05) is 11.8 Å². The van der Waals surface area contributed by atoms with Gasteiger partial charge in [-0.05, 0) is 37.6 Å². The number of carboxylic acids is 1. The van der Waals surface area contributed by atoms with Crippen LogP contribution in [-0.4, -0.2) is 45.8 Å². The van der Waals surface area contributed by atoms with Crippen LogP contribution in [0.3, 0.4) is 0 Å². The molecule has 1 aromatic heterocycles. The summed E-state index contributed by atoms with van der Waals surface area (Å²) in [6.45, 7) is 3.63. The second-order valence-electron chi connectivity index (χ2n) is 6.33. The molecule has 0 saturated carbocycles. The molecule has 3 N–H and O–H groups in total. The third-order valence-corrected chi connectivity index (χ3v) is 3.92. The summed E-state index contributed by atoms with van der Waals surface area (Å²) >= 11 is 0. The number of aromatic hydroxyl groups is 1. The Hall–Kier alpha value is -3.29. The van der Waals surface area contributed by atoms with E-state index >= 15 is 0 Å². The average molecular weight is 358 g/mol. The van der Waals surface area contributed by atoms with Crippen LogP contribution in [0.25, 0.3) is 11.1 Å². The number of hydrogen-bond donors (Lipinski definition) is 3. The maximum absolute atomic E-state index is 12.2. The van der Waals surface area contributed by atoms with Crippen LogP contribution in [0.5, 0.6) is 17.2 Å². The first-order valence-electron chi connectivity index (χ1n) is 7.93. The van der Waals surface area contributed by atoms with Crippen LogP contribution in [0.15, 0.2) is 30.5 Å². The zero-order valence-electron chi connectivity index (χ0n) is 14.3. The molecule has 1 aliphatic heterocycles. The van der Waals surface area contributed by atoms with E-state index in [0.717, 1.165) is 5.56 Å². The molecule has 0 atom stereocenters. The molecule has 0 radical (unpaired) electrons. The highest BCUT2D eigenvalue weighted by Crippen LogP contribution is 2.35. The van der Waals surface area contributed by atoms with Gasteiger partial charge in [0.15, 0.2) is 17.2 Å². The summed E-state index contributed by atoms with van der Waals surface area (Å²) in [6, 6.07) is 6.70. The van der Waals surface area contributed by atoms with E-state index in [1.54, 1.807) is 18.2 Å². The highest BCUT2D eigenvalue weighted by molar-refractivity contribution is 5.98. The number of carbonyl (C=O) groups excluding carboxylic acids is 1. The fourth-order valence-corrected chi connectivity index (χ4v) is 2.41. The molecule has 8 heteroatoms. The molecule has 2 aromatic rings. The molecule has 1 amide bonds. The lowest BCUT2D eigenvalue weighted by atomic mass is 10.0. The van der Waals surface area contributed by atoms with Gasteiger partial charge in [-0.3, -0.25) is 4.79 Å². The number of nitrogens with one attached hydrogen (secondary N) is 1. The van der Waals surface area contributed by atoms with Gasteiger partial charge in [0.05, 0.1) is 0 Å². The monoisotopic (exact) mass is 358 g/mol. The largest absolute Gasteiger partial charge is 0.505 e. The van der Waals surface area contributed by atoms with Crippen molar-refractivity contribution in [3.63, 3.8) is 0 Å². The molecule has 8 nitrogen and oxygen atoms in total. The van der Waals surface area contributed by atoms with Crippen LogP contribution in [-0.2, 0) is 4.79 Å². The van der Waals surface area contributed by atoms with Crippen molar-refractivity contribution >= 4 is 11.9 Å². The van der Waals surface area contributed by atoms with Gasteiger partial charge in [-0.2, -0.15) is 0 Å². The average Bonchev–Trinajstić information content (AvgIpc) is 2.60. The number of nitrogens with zero attached hydrogens (tertiary/aromatic N) is 1. The summed E-state index contributed by atoms with van der Waals surface area (Å²) in [7, 11) is 0. The molecule has 0 unspecified atom stereocenters. The SMILES string of the molecule is CC(C)(NC(=O)c1ncc(-c2ccc3c(c2)OCCO3)cc1O)C(=O)O. The minimum atomic E-state index is -1.49. The van der Waals surface area contributed by atoms with Crippen LogP contribution in [0, 0.1) is 0 Å². The van der Waals surface area contributed by atoms with E-state index in [0.29, 0.717) is 30.3 Å². The van der Waals surface area contributed by atoms with Crippen molar-refractivity contribution < 1.29 is 29.3 Å². The van der Waals surface area contributed by atoms with Gasteiger partial charge in [0.25, 0.3) is 5.91 Å². The van der Waals surface area contributed by atoms with E-state index in [4.69, 9.17) is 14.6 Å². The van der Waals surface area contributed by atoms with Gasteiger partial charge in [0.1, 0.15) is 24.5 Å². The highest BCUT2D eigenvalue weighted by atomic mass is 16.6. The van der Waals surface area contributed by atoms with Crippen molar-refractivity contribution in [1.29, 1.82) is 0 Å². The third kappa shape index (κ3) is 3.39. The van der Waals surface area contributed by atoms with Crippen molar-refractivity contribution in [3.8, 4) is 28.4 Å². The molecule has 1 aromatic carbocycles. The Bertz CT molecular complexity index is 878. The number of pyridine rings is 1. The van der Waals surface area contributed by atoms with Crippen molar-refractivity contribution in [1.82, 2.24) is 10.3 Å². The van der Waals surface area contributed by atoms with Crippen molar-refractivity contribution in [2.75, 3.05) is 13.2 Å². The lowest BCUT2D eigenvalue weighted by molar-refractivity contribution is -0.143. The van der Waals surface area contributed by atoms with Gasteiger partial charge in [0.2, 0.25) is 0 Å². The predicted molar refractivity (Wildman–Crippen MR) is 91.5 cm³/mol. The Kier molecular flexibility index (Phi) is 4.41. The number of ether oxygens (including phenoxy) is 2. The van der Waals surface area contributed by atoms with Gasteiger partial charge in [-0.15, -0.1) is 0 Å². The Balaban J connectivity index is 1.86. The maximum Gasteiger partial charge on any atom is 0.328 e. The third-order valence-electron chi connectivity index (χ3n) is 3.92. The first-order valence-corrected chi connectivity index (χ1v) is 7.93. The number of aliphatic carboxylic acids is 1. The number of carbonyl (C=O) groups is 2. The topological polar surface area (TPSA) is 118 Å². The van der Waals surface area contributed by atoms with Crippen molar-refractivity contribution in [2.24, 2.45) is 0 Å². The smallest absolute Gasteiger partial charge is 0.328 e. The second kappa shape index (κ2) is 6.55. The molecule has 0 bridgehead atoms. The lowest BCUT2D eigenvalue weighted by Crippen LogP contribution is -2.49. The first kappa shape index (κ1) is 17.5. The second-order valence-corrected chi connectivity index (χ2v) is 6.33. The molecule has 26 heavy (non-hydrogen) atoms. The number of benzene rings is 1. The van der Waals surface area contributed by atoms with Gasteiger partial charge in [-0.25, -0.2) is 9.78 Å². The van der Waals surface area contributed by atoms with E-state index in [9.17, 15) is 14.7 Å². The summed E-state index contributed by atoms with van der Waals surface area (Å²) in [4.78, 5) is 27.3. The minimum absolute atomic E-state index is 0.249. The van der Waals surface area contributed by atoms with E-state index in [-0.39, 0.29) is 11.4 Å². The fourth-order valence-electron chi connectivity index (χ4n) is 2.41. The van der Waals surface area contributed by atoms with E-state index in [1.807, 2.05) is 0 Å². The zero-order valence-corrected chi connectivity index (χ0v) is 14.3. The Labute approximate surface area is 149 Å². The maximum atomic E-state index is 12.2. The number of aromatic nitrogens is 1. The normalized spacial score (nSPS) is 13.2. The Morgan fingerprint density at radius 1 is 1.12 bits per heavy atom. The molecule has 1 aliphatic rings. The summed E-state index contributed by atoms with van der Waals surface area (Å²) in [5.41, 5.74) is -0.427. The van der Waals surface area contributed by atoms with E-state index in [1.165, 1.54) is 26.1 Å². The van der Waals surface area contributed by atoms with Gasteiger partial charge < -0.3 is 25.0 Å². The summed E-state index contributed by atoms with van der Waals surface area (Å²) in [5.74, 6) is -1.08. The highest BCUT2D eigenvalue weighted by Gasteiger charge is 2.30. The number of carboxylic acid groups (broad SMARTS) is 1. The van der Waals surface area contributed by atoms with Crippen LogP contribution in [0.4, 0.5) is 0 Å². The zero-order chi connectivity index (χ0) is 18.9. The van der Waals surface area contributed by atoms with Gasteiger partial charge >= 0.3 is 5.97 Å². The van der Waals surface area contributed by atoms with Crippen LogP contribution < -0.4 is 14.8 Å². The number of fused-ring (bicyclic) bond motifs is 1. The van der Waals surface area contributed by atoms with Crippen LogP contribution in [0.2, 0.25) is 0 Å². The Morgan fingerprint density at radius 3 is 2.46 bits per heavy atom. The molecule has 0 fully saturated rings. The Morgan fingerprint density at radius 2 is 1.81 bits per heavy atom. The van der Waals surface area contributed by atoms with Crippen molar-refractivity contribution in [2.45, 2.75) is 19.4 Å². The predicted octanol–water partition coefficient (Wildman–Crippen LogP) is 1.82. The number of hydrogen-bond acceptors (Lipinski definition) is 6. The van der Waals surface area contributed by atoms with E-state index in [2.05, 4.69) is 10.3 Å². The van der Waals surface area contributed by atoms with E-state index < -0.39 is 17.4 Å². The summed E-state index contributed by atoms with van der Waals surface area (Å²) in [6.07, 6.45) is 1.42. The minimum Gasteiger partial charge on any atom is -0.505 e. The van der Waals surface area contributed by atoms with Crippen LogP contribution >= 0.6 is 0 Å². The molecule has 2 heterocycles. The molecule has 0 aliphatic carbocycles. The van der Waals surface area contributed by atoms with Gasteiger partial charge in [-0.1, -0.05) is 6.07 Å². The van der Waals surface area contributed by atoms with Crippen LogP contribution in [0.1, 0.15) is 24.3 Å². The number of amides is 1. The summed E-state index contributed by atoms with van der Waals surface area (Å²) < 4.78 is 11.0. The fraction of sp³-hybridized carbons (Fsp3) is 0.278. The molecule has 0 saturated heterocycles. The molecular formula is C18H18N2O6. The quantitative estimate of drug-likeness (QED) is 0.763. The molecule has 136 valence electrons. The van der Waals surface area contributed by atoms with Crippen molar-refractivity contribution in [3.05, 3.63) is 36.2 Å². The standard InChI is InChI=1S/C18H18N2O6/c1-18(2,17(23)24)20-16(22)15-12(21)7-11(9-19-15)10-3-4-13-14(8-10)26-6-5-25-13/h3-4,7-9,21H,5-6H2,1-2H3,(H,20,22)(H,23,24). The molecule has 3 rings (SSSR count). The molecular weight excluding hydrogens is 340 g/mol. The number of rotatable bonds is 4.